The van der Waals surface area contributed by atoms with Crippen LogP contribution in [0.3, 0.4) is 0 Å². The maximum Gasteiger partial charge on any atom is 0.573 e. The molecule has 112 valence electrons. The Morgan fingerprint density at radius 1 is 1.24 bits per heavy atom. The molecule has 0 aliphatic heterocycles. The molecule has 0 bridgehead atoms. The van der Waals surface area contributed by atoms with Gasteiger partial charge in [-0.1, -0.05) is 12.1 Å². The van der Waals surface area contributed by atoms with Crippen LogP contribution in [0.1, 0.15) is 21.7 Å². The van der Waals surface area contributed by atoms with Crippen LogP contribution in [0.25, 0.3) is 0 Å². The van der Waals surface area contributed by atoms with E-state index in [0.29, 0.717) is 11.1 Å². The number of furan rings is 1. The van der Waals surface area contributed by atoms with Gasteiger partial charge in [-0.25, -0.2) is 0 Å². The average Bonchev–Trinajstić information content (AvgIpc) is 2.82. The summed E-state index contributed by atoms with van der Waals surface area (Å²) >= 11 is 0. The molecule has 1 aromatic carbocycles. The van der Waals surface area contributed by atoms with E-state index in [1.165, 1.54) is 30.5 Å². The fourth-order valence-electron chi connectivity index (χ4n) is 1.68. The molecule has 4 nitrogen and oxygen atoms in total. The summed E-state index contributed by atoms with van der Waals surface area (Å²) < 4.78 is 44.8. The third-order valence-corrected chi connectivity index (χ3v) is 2.68. The highest BCUT2D eigenvalue weighted by Gasteiger charge is 2.30. The first-order chi connectivity index (χ1) is 9.85. The maximum atomic E-state index is 12.0. The fraction of sp³-hybridized carbons (Fsp3) is 0.214. The van der Waals surface area contributed by atoms with Crippen molar-refractivity contribution in [2.45, 2.75) is 19.8 Å². The van der Waals surface area contributed by atoms with Gasteiger partial charge in [-0.2, -0.15) is 0 Å². The molecule has 0 saturated heterocycles. The molecule has 0 spiro atoms. The van der Waals surface area contributed by atoms with E-state index < -0.39 is 6.36 Å². The van der Waals surface area contributed by atoms with Crippen molar-refractivity contribution in [3.05, 3.63) is 53.5 Å². The number of ether oxygens (including phenoxy) is 1. The third kappa shape index (κ3) is 4.27. The van der Waals surface area contributed by atoms with Gasteiger partial charge in [0.15, 0.2) is 5.76 Å². The molecule has 0 radical (unpaired) electrons. The zero-order valence-corrected chi connectivity index (χ0v) is 11.0. The van der Waals surface area contributed by atoms with E-state index in [1.54, 1.807) is 13.0 Å². The highest BCUT2D eigenvalue weighted by molar-refractivity contribution is 5.92. The summed E-state index contributed by atoms with van der Waals surface area (Å²) in [6.07, 6.45) is -3.31. The van der Waals surface area contributed by atoms with Gasteiger partial charge in [-0.15, -0.1) is 13.2 Å². The van der Waals surface area contributed by atoms with Gasteiger partial charge in [0.2, 0.25) is 0 Å². The zero-order valence-electron chi connectivity index (χ0n) is 11.0. The zero-order chi connectivity index (χ0) is 15.5. The molecule has 21 heavy (non-hydrogen) atoms. The largest absolute Gasteiger partial charge is 0.573 e. The topological polar surface area (TPSA) is 51.5 Å². The Hall–Kier alpha value is -2.44. The fourth-order valence-corrected chi connectivity index (χ4v) is 1.68. The molecule has 0 aliphatic carbocycles. The second-order valence-corrected chi connectivity index (χ2v) is 4.31. The van der Waals surface area contributed by atoms with Crippen LogP contribution in [0.2, 0.25) is 0 Å². The number of hydrogen-bond donors (Lipinski definition) is 1. The number of nitrogens with one attached hydrogen (secondary N) is 1. The number of hydrogen-bond acceptors (Lipinski definition) is 3. The first kappa shape index (κ1) is 15.0. The van der Waals surface area contributed by atoms with Crippen molar-refractivity contribution in [1.29, 1.82) is 0 Å². The van der Waals surface area contributed by atoms with Crippen LogP contribution in [-0.4, -0.2) is 12.3 Å². The number of carbonyl (C=O) groups is 1. The quantitative estimate of drug-likeness (QED) is 0.941. The molecule has 2 rings (SSSR count). The van der Waals surface area contributed by atoms with Crippen molar-refractivity contribution in [3.63, 3.8) is 0 Å². The summed E-state index contributed by atoms with van der Waals surface area (Å²) in [7, 11) is 0. The van der Waals surface area contributed by atoms with Crippen molar-refractivity contribution in [3.8, 4) is 5.75 Å². The lowest BCUT2D eigenvalue weighted by Gasteiger charge is -2.09. The van der Waals surface area contributed by atoms with E-state index in [4.69, 9.17) is 4.42 Å². The monoisotopic (exact) mass is 299 g/mol. The highest BCUT2D eigenvalue weighted by Crippen LogP contribution is 2.22. The smallest absolute Gasteiger partial charge is 0.459 e. The second-order valence-electron chi connectivity index (χ2n) is 4.31. The van der Waals surface area contributed by atoms with Crippen LogP contribution < -0.4 is 10.1 Å². The van der Waals surface area contributed by atoms with Crippen LogP contribution in [0.4, 0.5) is 13.2 Å². The molecule has 1 amide bonds. The predicted molar refractivity (Wildman–Crippen MR) is 67.7 cm³/mol. The van der Waals surface area contributed by atoms with Crippen LogP contribution >= 0.6 is 0 Å². The number of benzene rings is 1. The van der Waals surface area contributed by atoms with Gasteiger partial charge in [-0.3, -0.25) is 4.79 Å². The average molecular weight is 299 g/mol. The second kappa shape index (κ2) is 5.90. The number of alkyl halides is 3. The molecule has 0 aliphatic rings. The Balaban J connectivity index is 1.92. The van der Waals surface area contributed by atoms with E-state index in [9.17, 15) is 18.0 Å². The first-order valence-corrected chi connectivity index (χ1v) is 6.02. The molecular weight excluding hydrogens is 287 g/mol. The lowest BCUT2D eigenvalue weighted by atomic mass is 10.2. The normalized spacial score (nSPS) is 11.2. The van der Waals surface area contributed by atoms with Crippen LogP contribution in [-0.2, 0) is 6.54 Å². The maximum absolute atomic E-state index is 12.0. The Morgan fingerprint density at radius 2 is 1.90 bits per heavy atom. The van der Waals surface area contributed by atoms with Gasteiger partial charge in [-0.05, 0) is 30.7 Å². The van der Waals surface area contributed by atoms with Gasteiger partial charge < -0.3 is 14.5 Å². The van der Waals surface area contributed by atoms with Crippen molar-refractivity contribution in [2.75, 3.05) is 0 Å². The molecule has 0 saturated carbocycles. The van der Waals surface area contributed by atoms with E-state index in [1.807, 2.05) is 0 Å². The molecule has 0 fully saturated rings. The Bertz CT molecular complexity index is 617. The van der Waals surface area contributed by atoms with Crippen LogP contribution in [0.5, 0.6) is 5.75 Å². The minimum absolute atomic E-state index is 0.172. The SMILES string of the molecule is Cc1ccoc1C(=O)NCc1ccc(OC(F)(F)F)cc1. The van der Waals surface area contributed by atoms with Gasteiger partial charge in [0.05, 0.1) is 6.26 Å². The minimum Gasteiger partial charge on any atom is -0.459 e. The van der Waals surface area contributed by atoms with Gasteiger partial charge in [0.1, 0.15) is 5.75 Å². The van der Waals surface area contributed by atoms with Gasteiger partial charge in [0.25, 0.3) is 5.91 Å². The summed E-state index contributed by atoms with van der Waals surface area (Å²) in [5.74, 6) is -0.473. The molecule has 2 aromatic rings. The standard InChI is InChI=1S/C14H12F3NO3/c1-9-6-7-20-12(9)13(19)18-8-10-2-4-11(5-3-10)21-14(15,16)17/h2-7H,8H2,1H3,(H,18,19). The Kier molecular flexibility index (Phi) is 4.21. The van der Waals surface area contributed by atoms with Gasteiger partial charge in [0, 0.05) is 12.1 Å². The number of rotatable bonds is 4. The Morgan fingerprint density at radius 3 is 2.43 bits per heavy atom. The minimum atomic E-state index is -4.72. The number of carbonyl (C=O) groups excluding carboxylic acids is 1. The highest BCUT2D eigenvalue weighted by atomic mass is 19.4. The number of aryl methyl sites for hydroxylation is 1. The molecule has 1 heterocycles. The van der Waals surface area contributed by atoms with Crippen LogP contribution in [0, 0.1) is 6.92 Å². The van der Waals surface area contributed by atoms with E-state index in [2.05, 4.69) is 10.1 Å². The summed E-state index contributed by atoms with van der Waals surface area (Å²) in [5, 5.41) is 2.61. The molecule has 0 atom stereocenters. The lowest BCUT2D eigenvalue weighted by molar-refractivity contribution is -0.274. The van der Waals surface area contributed by atoms with Crippen molar-refractivity contribution >= 4 is 5.91 Å². The van der Waals surface area contributed by atoms with Crippen LogP contribution in [0.15, 0.2) is 41.0 Å². The van der Waals surface area contributed by atoms with Crippen molar-refractivity contribution in [2.24, 2.45) is 0 Å². The van der Waals surface area contributed by atoms with Crippen molar-refractivity contribution in [1.82, 2.24) is 5.32 Å². The Labute approximate surface area is 118 Å². The summed E-state index contributed by atoms with van der Waals surface area (Å²) in [6.45, 7) is 1.91. The lowest BCUT2D eigenvalue weighted by Crippen LogP contribution is -2.23. The number of amides is 1. The summed E-state index contributed by atoms with van der Waals surface area (Å²) in [5.41, 5.74) is 1.35. The van der Waals surface area contributed by atoms with E-state index >= 15 is 0 Å². The van der Waals surface area contributed by atoms with Crippen molar-refractivity contribution < 1.29 is 27.1 Å². The van der Waals surface area contributed by atoms with E-state index in [0.717, 1.165) is 0 Å². The predicted octanol–water partition coefficient (Wildman–Crippen LogP) is 3.42. The molecule has 1 N–H and O–H groups in total. The molecule has 1 aromatic heterocycles. The number of halogens is 3. The van der Waals surface area contributed by atoms with Gasteiger partial charge >= 0.3 is 6.36 Å². The third-order valence-electron chi connectivity index (χ3n) is 2.68. The summed E-state index contributed by atoms with van der Waals surface area (Å²) in [4.78, 5) is 11.8. The molecular formula is C14H12F3NO3. The van der Waals surface area contributed by atoms with E-state index in [-0.39, 0.29) is 24.0 Å². The molecule has 0 unspecified atom stereocenters. The molecule has 7 heteroatoms. The summed E-state index contributed by atoms with van der Waals surface area (Å²) in [6, 6.07) is 6.92. The first-order valence-electron chi connectivity index (χ1n) is 6.02.